The van der Waals surface area contributed by atoms with Crippen molar-refractivity contribution in [3.63, 3.8) is 0 Å². The lowest BCUT2D eigenvalue weighted by molar-refractivity contribution is 0.255. The molecule has 0 bridgehead atoms. The van der Waals surface area contributed by atoms with Gasteiger partial charge in [0.05, 0.1) is 17.4 Å². The number of rotatable bonds is 3. The molecule has 0 amide bonds. The maximum atomic E-state index is 12.0. The topological polar surface area (TPSA) is 102 Å². The smallest absolute Gasteiger partial charge is 0.325 e. The van der Waals surface area contributed by atoms with Gasteiger partial charge in [0.15, 0.2) is 0 Å². The Morgan fingerprint density at radius 1 is 1.29 bits per heavy atom. The second kappa shape index (κ2) is 5.27. The number of fused-ring (bicyclic) bond motifs is 2. The Morgan fingerprint density at radius 2 is 2.12 bits per heavy atom. The summed E-state index contributed by atoms with van der Waals surface area (Å²) in [7, 11) is -3.56. The number of H-pyrrole nitrogens is 1. The highest BCUT2D eigenvalue weighted by molar-refractivity contribution is 7.51. The molecule has 0 radical (unpaired) electrons. The van der Waals surface area contributed by atoms with Crippen LogP contribution in [0.5, 0.6) is 11.5 Å². The first-order valence-corrected chi connectivity index (χ1v) is 9.22. The average molecular weight is 344 g/mol. The first kappa shape index (κ1) is 15.1. The van der Waals surface area contributed by atoms with Gasteiger partial charge in [-0.1, -0.05) is 12.1 Å². The van der Waals surface area contributed by atoms with E-state index in [1.165, 1.54) is 0 Å². The highest BCUT2D eigenvalue weighted by atomic mass is 31.2. The van der Waals surface area contributed by atoms with Gasteiger partial charge in [0.2, 0.25) is 0 Å². The van der Waals surface area contributed by atoms with E-state index in [9.17, 15) is 14.3 Å². The van der Waals surface area contributed by atoms with E-state index in [2.05, 4.69) is 10.2 Å². The van der Waals surface area contributed by atoms with Crippen LogP contribution in [0.4, 0.5) is 0 Å². The number of ether oxygens (including phenoxy) is 1. The number of aromatic nitrogens is 2. The zero-order valence-corrected chi connectivity index (χ0v) is 13.5. The van der Waals surface area contributed by atoms with Gasteiger partial charge in [-0.05, 0) is 29.8 Å². The highest BCUT2D eigenvalue weighted by Crippen LogP contribution is 2.45. The molecule has 1 atom stereocenters. The van der Waals surface area contributed by atoms with Crippen LogP contribution in [-0.4, -0.2) is 21.8 Å². The van der Waals surface area contributed by atoms with Crippen LogP contribution in [0.1, 0.15) is 5.56 Å². The lowest BCUT2D eigenvalue weighted by Gasteiger charge is -2.20. The Balaban J connectivity index is 1.87. The van der Waals surface area contributed by atoms with Gasteiger partial charge >= 0.3 is 7.60 Å². The maximum Gasteiger partial charge on any atom is 0.325 e. The van der Waals surface area contributed by atoms with Crippen LogP contribution in [0, 0.1) is 0 Å². The fourth-order valence-corrected chi connectivity index (χ4v) is 3.11. The first-order valence-electron chi connectivity index (χ1n) is 7.20. The normalized spacial score (nSPS) is 14.8. The summed E-state index contributed by atoms with van der Waals surface area (Å²) in [6, 6.07) is 10.5. The Hall–Kier alpha value is -2.47. The molecule has 0 saturated carbocycles. The molecule has 0 fully saturated rings. The molecule has 8 heteroatoms. The van der Waals surface area contributed by atoms with Crippen molar-refractivity contribution in [3.05, 3.63) is 52.3 Å². The highest BCUT2D eigenvalue weighted by Gasteiger charge is 2.23. The number of benzene rings is 2. The molecule has 2 heterocycles. The van der Waals surface area contributed by atoms with Gasteiger partial charge in [0, 0.05) is 12.2 Å². The van der Waals surface area contributed by atoms with Crippen molar-refractivity contribution in [1.82, 2.24) is 10.2 Å². The van der Waals surface area contributed by atoms with Gasteiger partial charge in [-0.2, -0.15) is 5.10 Å². The van der Waals surface area contributed by atoms with Crippen LogP contribution >= 0.6 is 7.60 Å². The fourth-order valence-electron chi connectivity index (χ4n) is 2.72. The molecule has 1 unspecified atom stereocenters. The standard InChI is InChI=1S/C16H13N2O5P/c1-24(20,21)22-8-9-5-6-12-11(7-9)15-14-10(16(19)18-17-15)3-2-4-13(14)23-12/h2-7H,8H2,1H3,(H,18,19)(H,20,21). The van der Waals surface area contributed by atoms with Crippen LogP contribution in [0.2, 0.25) is 0 Å². The van der Waals surface area contributed by atoms with Gasteiger partial charge in [0.1, 0.15) is 17.2 Å². The summed E-state index contributed by atoms with van der Waals surface area (Å²) in [4.78, 5) is 21.2. The van der Waals surface area contributed by atoms with Gasteiger partial charge in [-0.25, -0.2) is 5.10 Å². The van der Waals surface area contributed by atoms with Crippen LogP contribution < -0.4 is 10.3 Å². The maximum absolute atomic E-state index is 12.0. The largest absolute Gasteiger partial charge is 0.456 e. The van der Waals surface area contributed by atoms with Crippen molar-refractivity contribution in [2.75, 3.05) is 6.66 Å². The molecule has 1 aromatic heterocycles. The molecule has 122 valence electrons. The molecule has 0 spiro atoms. The molecule has 2 aromatic carbocycles. The van der Waals surface area contributed by atoms with E-state index in [1.807, 2.05) is 0 Å². The van der Waals surface area contributed by atoms with Crippen molar-refractivity contribution in [2.24, 2.45) is 0 Å². The zero-order chi connectivity index (χ0) is 16.9. The Morgan fingerprint density at radius 3 is 2.92 bits per heavy atom. The molecule has 0 aliphatic carbocycles. The summed E-state index contributed by atoms with van der Waals surface area (Å²) in [5.41, 5.74) is 1.72. The van der Waals surface area contributed by atoms with E-state index in [0.29, 0.717) is 39.1 Å². The van der Waals surface area contributed by atoms with Gasteiger partial charge in [-0.3, -0.25) is 9.36 Å². The SMILES string of the molecule is CP(=O)(O)OCc1ccc2c(c1)-c1n[nH]c(=O)c3cccc(c13)O2. The first-order chi connectivity index (χ1) is 11.4. The summed E-state index contributed by atoms with van der Waals surface area (Å²) in [5.74, 6) is 1.17. The third kappa shape index (κ3) is 2.53. The van der Waals surface area contributed by atoms with Gasteiger partial charge < -0.3 is 14.2 Å². The number of nitrogens with zero attached hydrogens (tertiary/aromatic N) is 1. The van der Waals surface area contributed by atoms with Crippen molar-refractivity contribution in [2.45, 2.75) is 6.61 Å². The molecule has 3 aromatic rings. The minimum atomic E-state index is -3.56. The number of hydrogen-bond acceptors (Lipinski definition) is 5. The van der Waals surface area contributed by atoms with Crippen molar-refractivity contribution >= 4 is 18.4 Å². The van der Waals surface area contributed by atoms with Gasteiger partial charge in [-0.15, -0.1) is 0 Å². The second-order valence-electron chi connectivity index (χ2n) is 5.59. The van der Waals surface area contributed by atoms with E-state index in [0.717, 1.165) is 6.66 Å². The molecule has 2 N–H and O–H groups in total. The zero-order valence-electron chi connectivity index (χ0n) is 12.6. The molecule has 4 rings (SSSR count). The van der Waals surface area contributed by atoms with E-state index in [-0.39, 0.29) is 12.2 Å². The van der Waals surface area contributed by atoms with E-state index < -0.39 is 7.60 Å². The Bertz CT molecular complexity index is 1070. The number of hydrogen-bond donors (Lipinski definition) is 2. The second-order valence-corrected chi connectivity index (χ2v) is 7.45. The third-order valence-electron chi connectivity index (χ3n) is 3.77. The summed E-state index contributed by atoms with van der Waals surface area (Å²) >= 11 is 0. The van der Waals surface area contributed by atoms with E-state index in [1.54, 1.807) is 36.4 Å². The molecule has 1 aliphatic heterocycles. The molecule has 7 nitrogen and oxygen atoms in total. The van der Waals surface area contributed by atoms with Crippen LogP contribution in [0.3, 0.4) is 0 Å². The molecule has 24 heavy (non-hydrogen) atoms. The predicted molar refractivity (Wildman–Crippen MR) is 88.4 cm³/mol. The fraction of sp³-hybridized carbons (Fsp3) is 0.125. The van der Waals surface area contributed by atoms with Crippen molar-refractivity contribution < 1.29 is 18.7 Å². The lowest BCUT2D eigenvalue weighted by atomic mass is 9.99. The monoisotopic (exact) mass is 344 g/mol. The molecular weight excluding hydrogens is 331 g/mol. The quantitative estimate of drug-likeness (QED) is 0.554. The minimum Gasteiger partial charge on any atom is -0.456 e. The Labute approximate surface area is 136 Å². The molecular formula is C16H13N2O5P. The van der Waals surface area contributed by atoms with Crippen LogP contribution in [-0.2, 0) is 15.7 Å². The van der Waals surface area contributed by atoms with Gasteiger partial charge in [0.25, 0.3) is 5.56 Å². The lowest BCUT2D eigenvalue weighted by Crippen LogP contribution is -2.12. The van der Waals surface area contributed by atoms with Crippen LogP contribution in [0.15, 0.2) is 41.2 Å². The third-order valence-corrected chi connectivity index (χ3v) is 4.37. The summed E-state index contributed by atoms with van der Waals surface area (Å²) in [6.07, 6.45) is 0. The number of nitrogens with one attached hydrogen (secondary N) is 1. The van der Waals surface area contributed by atoms with E-state index in [4.69, 9.17) is 9.26 Å². The average Bonchev–Trinajstić information content (AvgIpc) is 2.55. The number of aromatic amines is 1. The minimum absolute atomic E-state index is 0.00823. The van der Waals surface area contributed by atoms with Crippen LogP contribution in [0.25, 0.3) is 22.0 Å². The van der Waals surface area contributed by atoms with Crippen molar-refractivity contribution in [3.8, 4) is 22.8 Å². The Kier molecular flexibility index (Phi) is 3.31. The molecule has 0 saturated heterocycles. The van der Waals surface area contributed by atoms with Crippen molar-refractivity contribution in [1.29, 1.82) is 0 Å². The predicted octanol–water partition coefficient (Wildman–Crippen LogP) is 3.03. The summed E-state index contributed by atoms with van der Waals surface area (Å²) < 4.78 is 22.1. The summed E-state index contributed by atoms with van der Waals surface area (Å²) in [6.45, 7) is 1.13. The molecule has 1 aliphatic rings. The summed E-state index contributed by atoms with van der Waals surface area (Å²) in [5, 5.41) is 7.81. The van der Waals surface area contributed by atoms with E-state index >= 15 is 0 Å².